The maximum Gasteiger partial charge on any atom is 0.263 e. The molecule has 0 aliphatic heterocycles. The molecule has 1 aromatic heterocycles. The van der Waals surface area contributed by atoms with Gasteiger partial charge in [-0.25, -0.2) is 4.98 Å². The highest BCUT2D eigenvalue weighted by atomic mass is 127. The first-order valence-corrected chi connectivity index (χ1v) is 9.32. The highest BCUT2D eigenvalue weighted by Gasteiger charge is 2.12. The lowest BCUT2D eigenvalue weighted by atomic mass is 10.0. The number of nitrogens with zero attached hydrogens (tertiary/aromatic N) is 2. The van der Waals surface area contributed by atoms with Gasteiger partial charge in [0, 0.05) is 32.6 Å². The number of hydrogen-bond acceptors (Lipinski definition) is 5. The summed E-state index contributed by atoms with van der Waals surface area (Å²) in [7, 11) is 1.69. The quantitative estimate of drug-likeness (QED) is 0.191. The van der Waals surface area contributed by atoms with Crippen LogP contribution in [0.25, 0.3) is 0 Å². The standard InChI is InChI=1S/C18H25N5O2S.HI/c1-13-16(26-12-23-13)17(25)20-8-9-21-18(19-2)22-10-15(11-24)14-6-4-3-5-7-14;/h3-7,12,15,24H,8-11H2,1-2H3,(H,20,25)(H2,19,21,22);1H. The summed E-state index contributed by atoms with van der Waals surface area (Å²) in [5, 5.41) is 18.8. The minimum absolute atomic E-state index is 0. The molecule has 1 atom stereocenters. The zero-order valence-electron chi connectivity index (χ0n) is 15.4. The van der Waals surface area contributed by atoms with Crippen LogP contribution < -0.4 is 16.0 Å². The van der Waals surface area contributed by atoms with E-state index in [9.17, 15) is 9.90 Å². The molecule has 4 N–H and O–H groups in total. The van der Waals surface area contributed by atoms with E-state index in [0.717, 1.165) is 11.3 Å². The summed E-state index contributed by atoms with van der Waals surface area (Å²) in [5.74, 6) is 0.505. The third-order valence-corrected chi connectivity index (χ3v) is 4.81. The van der Waals surface area contributed by atoms with Gasteiger partial charge in [-0.3, -0.25) is 9.79 Å². The number of carbonyl (C=O) groups is 1. The lowest BCUT2D eigenvalue weighted by Gasteiger charge is -2.18. The van der Waals surface area contributed by atoms with Crippen LogP contribution in [0.4, 0.5) is 0 Å². The number of guanidine groups is 1. The van der Waals surface area contributed by atoms with Gasteiger partial charge in [-0.2, -0.15) is 0 Å². The Morgan fingerprint density at radius 3 is 2.52 bits per heavy atom. The molecule has 0 fully saturated rings. The lowest BCUT2D eigenvalue weighted by Crippen LogP contribution is -2.43. The molecule has 1 heterocycles. The monoisotopic (exact) mass is 503 g/mol. The number of amides is 1. The average molecular weight is 503 g/mol. The molecule has 0 saturated heterocycles. The van der Waals surface area contributed by atoms with Crippen LogP contribution in [0.2, 0.25) is 0 Å². The molecule has 1 amide bonds. The van der Waals surface area contributed by atoms with Gasteiger partial charge in [-0.15, -0.1) is 35.3 Å². The van der Waals surface area contributed by atoms with Gasteiger partial charge < -0.3 is 21.1 Å². The fourth-order valence-corrected chi connectivity index (χ4v) is 3.13. The number of aromatic nitrogens is 1. The number of aliphatic imine (C=N–C) groups is 1. The molecule has 0 aliphatic carbocycles. The molecule has 0 bridgehead atoms. The maximum absolute atomic E-state index is 12.0. The van der Waals surface area contributed by atoms with E-state index in [1.54, 1.807) is 12.6 Å². The van der Waals surface area contributed by atoms with Crippen molar-refractivity contribution in [2.45, 2.75) is 12.8 Å². The number of hydrogen-bond donors (Lipinski definition) is 4. The molecule has 148 valence electrons. The molecule has 27 heavy (non-hydrogen) atoms. The number of aryl methyl sites for hydroxylation is 1. The summed E-state index contributed by atoms with van der Waals surface area (Å²) in [5.41, 5.74) is 3.48. The van der Waals surface area contributed by atoms with Gasteiger partial charge in [0.2, 0.25) is 0 Å². The highest BCUT2D eigenvalue weighted by molar-refractivity contribution is 14.0. The molecule has 0 aliphatic rings. The lowest BCUT2D eigenvalue weighted by molar-refractivity contribution is 0.0957. The van der Waals surface area contributed by atoms with E-state index in [1.807, 2.05) is 37.3 Å². The van der Waals surface area contributed by atoms with E-state index in [4.69, 9.17) is 0 Å². The summed E-state index contributed by atoms with van der Waals surface area (Å²) in [6, 6.07) is 9.86. The van der Waals surface area contributed by atoms with Crippen molar-refractivity contribution in [3.05, 3.63) is 52.0 Å². The van der Waals surface area contributed by atoms with Crippen LogP contribution in [-0.4, -0.2) is 55.2 Å². The molecule has 2 rings (SSSR count). The zero-order chi connectivity index (χ0) is 18.8. The predicted molar refractivity (Wildman–Crippen MR) is 120 cm³/mol. The molecule has 1 aromatic carbocycles. The van der Waals surface area contributed by atoms with Gasteiger partial charge in [0.15, 0.2) is 5.96 Å². The topological polar surface area (TPSA) is 98.6 Å². The maximum atomic E-state index is 12.0. The third kappa shape index (κ3) is 7.43. The Labute approximate surface area is 180 Å². The van der Waals surface area contributed by atoms with Crippen LogP contribution in [0.3, 0.4) is 0 Å². The van der Waals surface area contributed by atoms with E-state index >= 15 is 0 Å². The van der Waals surface area contributed by atoms with Crippen LogP contribution >= 0.6 is 35.3 Å². The molecule has 1 unspecified atom stereocenters. The first kappa shape index (κ1) is 23.3. The second kappa shape index (κ2) is 12.6. The van der Waals surface area contributed by atoms with Crippen molar-refractivity contribution in [1.82, 2.24) is 20.9 Å². The SMILES string of the molecule is CN=C(NCCNC(=O)c1scnc1C)NCC(CO)c1ccccc1.I. The Morgan fingerprint density at radius 2 is 1.93 bits per heavy atom. The molecular formula is C18H26IN5O2S. The first-order chi connectivity index (χ1) is 12.7. The fourth-order valence-electron chi connectivity index (χ4n) is 2.41. The van der Waals surface area contributed by atoms with E-state index in [2.05, 4.69) is 25.9 Å². The molecule has 7 nitrogen and oxygen atoms in total. The predicted octanol–water partition coefficient (Wildman–Crippen LogP) is 1.74. The number of thiazole rings is 1. The van der Waals surface area contributed by atoms with Crippen molar-refractivity contribution >= 4 is 47.2 Å². The number of benzene rings is 1. The fraction of sp³-hybridized carbons (Fsp3) is 0.389. The minimum atomic E-state index is -0.112. The molecule has 0 saturated carbocycles. The molecule has 0 radical (unpaired) electrons. The average Bonchev–Trinajstić information content (AvgIpc) is 3.10. The van der Waals surface area contributed by atoms with E-state index < -0.39 is 0 Å². The van der Waals surface area contributed by atoms with E-state index in [-0.39, 0.29) is 42.4 Å². The number of aliphatic hydroxyl groups is 1. The number of halogens is 1. The largest absolute Gasteiger partial charge is 0.396 e. The summed E-state index contributed by atoms with van der Waals surface area (Å²) >= 11 is 1.33. The van der Waals surface area contributed by atoms with Crippen LogP contribution in [0.15, 0.2) is 40.8 Å². The Hall–Kier alpha value is -1.72. The summed E-state index contributed by atoms with van der Waals surface area (Å²) < 4.78 is 0. The summed E-state index contributed by atoms with van der Waals surface area (Å²) in [6.45, 7) is 3.45. The van der Waals surface area contributed by atoms with Crippen LogP contribution in [0.1, 0.15) is 26.8 Å². The first-order valence-electron chi connectivity index (χ1n) is 8.44. The van der Waals surface area contributed by atoms with E-state index in [0.29, 0.717) is 30.5 Å². The van der Waals surface area contributed by atoms with Crippen molar-refractivity contribution in [3.63, 3.8) is 0 Å². The van der Waals surface area contributed by atoms with Gasteiger partial charge in [0.05, 0.1) is 17.8 Å². The number of aliphatic hydroxyl groups excluding tert-OH is 1. The van der Waals surface area contributed by atoms with E-state index in [1.165, 1.54) is 11.3 Å². The van der Waals surface area contributed by atoms with Gasteiger partial charge in [0.25, 0.3) is 5.91 Å². The number of nitrogens with one attached hydrogen (secondary N) is 3. The minimum Gasteiger partial charge on any atom is -0.396 e. The Kier molecular flexibility index (Phi) is 10.9. The number of rotatable bonds is 8. The van der Waals surface area contributed by atoms with Crippen molar-refractivity contribution in [3.8, 4) is 0 Å². The zero-order valence-corrected chi connectivity index (χ0v) is 18.6. The van der Waals surface area contributed by atoms with Crippen molar-refractivity contribution in [1.29, 1.82) is 0 Å². The van der Waals surface area contributed by atoms with Crippen LogP contribution in [-0.2, 0) is 0 Å². The van der Waals surface area contributed by atoms with Gasteiger partial charge in [-0.1, -0.05) is 30.3 Å². The van der Waals surface area contributed by atoms with Crippen molar-refractivity contribution in [2.75, 3.05) is 33.3 Å². The van der Waals surface area contributed by atoms with Gasteiger partial charge >= 0.3 is 0 Å². The second-order valence-corrected chi connectivity index (χ2v) is 6.55. The molecule has 2 aromatic rings. The molecule has 9 heteroatoms. The van der Waals surface area contributed by atoms with Crippen LogP contribution in [0, 0.1) is 6.92 Å². The van der Waals surface area contributed by atoms with Gasteiger partial charge in [-0.05, 0) is 12.5 Å². The number of carbonyl (C=O) groups excluding carboxylic acids is 1. The second-order valence-electron chi connectivity index (χ2n) is 5.69. The summed E-state index contributed by atoms with van der Waals surface area (Å²) in [6.07, 6.45) is 0. The smallest absolute Gasteiger partial charge is 0.263 e. The molecule has 0 spiro atoms. The third-order valence-electron chi connectivity index (χ3n) is 3.89. The normalized spacial score (nSPS) is 12.0. The molecular weight excluding hydrogens is 477 g/mol. The Morgan fingerprint density at radius 1 is 1.22 bits per heavy atom. The summed E-state index contributed by atoms with van der Waals surface area (Å²) in [4.78, 5) is 20.9. The Bertz CT molecular complexity index is 724. The van der Waals surface area contributed by atoms with Gasteiger partial charge in [0.1, 0.15) is 4.88 Å². The van der Waals surface area contributed by atoms with Crippen LogP contribution in [0.5, 0.6) is 0 Å². The highest BCUT2D eigenvalue weighted by Crippen LogP contribution is 2.13. The van der Waals surface area contributed by atoms with Crippen molar-refractivity contribution < 1.29 is 9.90 Å². The van der Waals surface area contributed by atoms with Crippen molar-refractivity contribution in [2.24, 2.45) is 4.99 Å². The Balaban J connectivity index is 0.00000364.